The van der Waals surface area contributed by atoms with Crippen LogP contribution >= 0.6 is 12.4 Å². The van der Waals surface area contributed by atoms with Crippen LogP contribution < -0.4 is 5.32 Å². The number of hydrogen-bond donors (Lipinski definition) is 1. The SMILES string of the molecule is CC1CCC(N2CC(C(=O)N3CC[C@@H]4CNC[C@@H]4CC3)CC2=O)CC1.Cl. The molecule has 1 saturated carbocycles. The lowest BCUT2D eigenvalue weighted by Gasteiger charge is -2.34. The maximum atomic E-state index is 13.0. The molecule has 148 valence electrons. The minimum atomic E-state index is -0.0945. The van der Waals surface area contributed by atoms with Crippen molar-refractivity contribution in [3.05, 3.63) is 0 Å². The third-order valence-electron chi connectivity index (χ3n) is 7.26. The van der Waals surface area contributed by atoms with Crippen molar-refractivity contribution in [1.82, 2.24) is 15.1 Å². The fourth-order valence-electron chi connectivity index (χ4n) is 5.50. The van der Waals surface area contributed by atoms with Crippen molar-refractivity contribution in [1.29, 1.82) is 0 Å². The number of likely N-dealkylation sites (tertiary alicyclic amines) is 2. The number of carbonyl (C=O) groups excluding carboxylic acids is 2. The zero-order chi connectivity index (χ0) is 17.4. The van der Waals surface area contributed by atoms with E-state index in [0.29, 0.717) is 19.0 Å². The summed E-state index contributed by atoms with van der Waals surface area (Å²) in [5.41, 5.74) is 0. The number of nitrogens with one attached hydrogen (secondary N) is 1. The highest BCUT2D eigenvalue weighted by Crippen LogP contribution is 2.33. The molecule has 3 heterocycles. The molecule has 26 heavy (non-hydrogen) atoms. The normalized spacial score (nSPS) is 37.9. The first-order valence-corrected chi connectivity index (χ1v) is 10.4. The zero-order valence-electron chi connectivity index (χ0n) is 16.0. The van der Waals surface area contributed by atoms with Crippen LogP contribution in [0.1, 0.15) is 51.9 Å². The predicted octanol–water partition coefficient (Wildman–Crippen LogP) is 2.29. The van der Waals surface area contributed by atoms with Gasteiger partial charge < -0.3 is 15.1 Å². The Morgan fingerprint density at radius 1 is 1.00 bits per heavy atom. The topological polar surface area (TPSA) is 52.7 Å². The van der Waals surface area contributed by atoms with Crippen molar-refractivity contribution < 1.29 is 9.59 Å². The summed E-state index contributed by atoms with van der Waals surface area (Å²) in [4.78, 5) is 29.7. The van der Waals surface area contributed by atoms with Crippen molar-refractivity contribution in [2.45, 2.75) is 57.9 Å². The highest BCUT2D eigenvalue weighted by molar-refractivity contribution is 5.89. The molecule has 6 heteroatoms. The molecule has 0 bridgehead atoms. The van der Waals surface area contributed by atoms with Crippen LogP contribution in [0.15, 0.2) is 0 Å². The van der Waals surface area contributed by atoms with Crippen molar-refractivity contribution in [3.8, 4) is 0 Å². The van der Waals surface area contributed by atoms with Crippen molar-refractivity contribution in [3.63, 3.8) is 0 Å². The van der Waals surface area contributed by atoms with Gasteiger partial charge in [-0.1, -0.05) is 6.92 Å². The maximum absolute atomic E-state index is 13.0. The molecule has 5 nitrogen and oxygen atoms in total. The Bertz CT molecular complexity index is 507. The van der Waals surface area contributed by atoms with Crippen LogP contribution in [0.25, 0.3) is 0 Å². The lowest BCUT2D eigenvalue weighted by Crippen LogP contribution is -2.41. The molecule has 0 aromatic carbocycles. The molecular weight excluding hydrogens is 350 g/mol. The van der Waals surface area contributed by atoms with E-state index < -0.39 is 0 Å². The number of fused-ring (bicyclic) bond motifs is 1. The number of hydrogen-bond acceptors (Lipinski definition) is 3. The molecule has 3 saturated heterocycles. The van der Waals surface area contributed by atoms with E-state index in [2.05, 4.69) is 17.1 Å². The number of nitrogens with zero attached hydrogens (tertiary/aromatic N) is 2. The van der Waals surface area contributed by atoms with Crippen LogP contribution in [-0.4, -0.2) is 60.4 Å². The van der Waals surface area contributed by atoms with Gasteiger partial charge in [-0.05, 0) is 69.4 Å². The van der Waals surface area contributed by atoms with E-state index in [1.807, 2.05) is 4.90 Å². The fourth-order valence-corrected chi connectivity index (χ4v) is 5.50. The average Bonchev–Trinajstić information content (AvgIpc) is 3.17. The molecule has 2 amide bonds. The maximum Gasteiger partial charge on any atom is 0.227 e. The summed E-state index contributed by atoms with van der Waals surface area (Å²) in [6, 6.07) is 0.385. The lowest BCUT2D eigenvalue weighted by atomic mass is 9.86. The van der Waals surface area contributed by atoms with Gasteiger partial charge in [0.1, 0.15) is 0 Å². The first-order chi connectivity index (χ1) is 12.1. The van der Waals surface area contributed by atoms with Gasteiger partial charge in [0.25, 0.3) is 0 Å². The Hall–Kier alpha value is -0.810. The van der Waals surface area contributed by atoms with Crippen LogP contribution in [0.5, 0.6) is 0 Å². The summed E-state index contributed by atoms with van der Waals surface area (Å²) in [7, 11) is 0. The molecule has 0 spiro atoms. The lowest BCUT2D eigenvalue weighted by molar-refractivity contribution is -0.135. The highest BCUT2D eigenvalue weighted by Gasteiger charge is 2.41. The molecule has 1 N–H and O–H groups in total. The summed E-state index contributed by atoms with van der Waals surface area (Å²) in [5.74, 6) is 2.63. The summed E-state index contributed by atoms with van der Waals surface area (Å²) in [6.07, 6.45) is 7.35. The Morgan fingerprint density at radius 3 is 2.23 bits per heavy atom. The number of rotatable bonds is 2. The van der Waals surface area contributed by atoms with Gasteiger partial charge in [0.05, 0.1) is 5.92 Å². The van der Waals surface area contributed by atoms with Crippen LogP contribution in [0.4, 0.5) is 0 Å². The molecule has 4 rings (SSSR count). The van der Waals surface area contributed by atoms with E-state index in [-0.39, 0.29) is 30.1 Å². The van der Waals surface area contributed by atoms with Crippen molar-refractivity contribution in [2.24, 2.45) is 23.7 Å². The first-order valence-electron chi connectivity index (χ1n) is 10.4. The first kappa shape index (κ1) is 19.9. The highest BCUT2D eigenvalue weighted by atomic mass is 35.5. The van der Waals surface area contributed by atoms with Gasteiger partial charge in [0.2, 0.25) is 11.8 Å². The van der Waals surface area contributed by atoms with Crippen LogP contribution in [0.2, 0.25) is 0 Å². The molecular formula is C20H34ClN3O2. The Kier molecular flexibility index (Phi) is 6.50. The van der Waals surface area contributed by atoms with Gasteiger partial charge in [-0.2, -0.15) is 0 Å². The largest absolute Gasteiger partial charge is 0.342 e. The third-order valence-corrected chi connectivity index (χ3v) is 7.26. The summed E-state index contributed by atoms with van der Waals surface area (Å²) < 4.78 is 0. The molecule has 0 aromatic heterocycles. The van der Waals surface area contributed by atoms with Gasteiger partial charge in [-0.25, -0.2) is 0 Å². The second kappa shape index (κ2) is 8.47. The van der Waals surface area contributed by atoms with E-state index in [4.69, 9.17) is 0 Å². The van der Waals surface area contributed by atoms with Gasteiger partial charge in [-0.15, -0.1) is 12.4 Å². The molecule has 0 aromatic rings. The quantitative estimate of drug-likeness (QED) is 0.796. The van der Waals surface area contributed by atoms with E-state index in [1.54, 1.807) is 0 Å². The third kappa shape index (κ3) is 4.04. The zero-order valence-corrected chi connectivity index (χ0v) is 16.8. The van der Waals surface area contributed by atoms with Crippen LogP contribution in [-0.2, 0) is 9.59 Å². The van der Waals surface area contributed by atoms with Gasteiger partial charge in [0, 0.05) is 32.1 Å². The number of amides is 2. The predicted molar refractivity (Wildman–Crippen MR) is 104 cm³/mol. The monoisotopic (exact) mass is 383 g/mol. The van der Waals surface area contributed by atoms with E-state index in [0.717, 1.165) is 69.6 Å². The molecule has 4 fully saturated rings. The van der Waals surface area contributed by atoms with Crippen LogP contribution in [0, 0.1) is 23.7 Å². The standard InChI is InChI=1S/C20H33N3O2.ClH/c1-14-2-4-18(5-3-14)23-13-17(10-19(23)24)20(25)22-8-6-15-11-21-12-16(15)7-9-22;/h14-18,21H,2-13H2,1H3;1H/t14?,15-,16+,17?,18?;. The number of halogens is 1. The molecule has 3 aliphatic heterocycles. The van der Waals surface area contributed by atoms with Crippen LogP contribution in [0.3, 0.4) is 0 Å². The summed E-state index contributed by atoms with van der Waals surface area (Å²) >= 11 is 0. The summed E-state index contributed by atoms with van der Waals surface area (Å²) in [6.45, 7) is 6.96. The molecule has 4 aliphatic rings. The fraction of sp³-hybridized carbons (Fsp3) is 0.900. The molecule has 1 aliphatic carbocycles. The van der Waals surface area contributed by atoms with Gasteiger partial charge >= 0.3 is 0 Å². The van der Waals surface area contributed by atoms with Gasteiger partial charge in [-0.3, -0.25) is 9.59 Å². The smallest absolute Gasteiger partial charge is 0.227 e. The minimum absolute atomic E-state index is 0. The van der Waals surface area contributed by atoms with Crippen molar-refractivity contribution >= 4 is 24.2 Å². The molecule has 3 atom stereocenters. The van der Waals surface area contributed by atoms with E-state index >= 15 is 0 Å². The molecule has 1 unspecified atom stereocenters. The Morgan fingerprint density at radius 2 is 1.62 bits per heavy atom. The van der Waals surface area contributed by atoms with Gasteiger partial charge in [0.15, 0.2) is 0 Å². The van der Waals surface area contributed by atoms with E-state index in [9.17, 15) is 9.59 Å². The second-order valence-electron chi connectivity index (χ2n) is 8.94. The molecule has 0 radical (unpaired) electrons. The van der Waals surface area contributed by atoms with Crippen molar-refractivity contribution in [2.75, 3.05) is 32.7 Å². The Labute approximate surface area is 163 Å². The Balaban J connectivity index is 0.00000196. The minimum Gasteiger partial charge on any atom is -0.342 e. The average molecular weight is 384 g/mol. The second-order valence-corrected chi connectivity index (χ2v) is 8.94. The van der Waals surface area contributed by atoms with E-state index in [1.165, 1.54) is 12.8 Å². The number of carbonyl (C=O) groups is 2. The summed E-state index contributed by atoms with van der Waals surface area (Å²) in [5, 5.41) is 3.49.